The molecule has 1 unspecified atom stereocenters. The van der Waals surface area contributed by atoms with Crippen LogP contribution in [0.3, 0.4) is 0 Å². The number of carbonyl (C=O) groups excluding carboxylic acids is 1. The highest BCUT2D eigenvalue weighted by atomic mass is 16.6. The Balaban J connectivity index is 2.06. The smallest absolute Gasteiger partial charge is 0.340 e. The fourth-order valence-electron chi connectivity index (χ4n) is 4.00. The van der Waals surface area contributed by atoms with E-state index in [2.05, 4.69) is 5.32 Å². The molecule has 0 aromatic heterocycles. The van der Waals surface area contributed by atoms with Gasteiger partial charge in [0, 0.05) is 35.0 Å². The molecule has 1 aliphatic rings. The summed E-state index contributed by atoms with van der Waals surface area (Å²) < 4.78 is 11.7. The number of anilines is 1. The topological polar surface area (TPSA) is 67.8 Å². The molecule has 29 heavy (non-hydrogen) atoms. The van der Waals surface area contributed by atoms with E-state index >= 15 is 0 Å². The number of rotatable bonds is 5. The molecular weight excluding hydrogens is 366 g/mol. The summed E-state index contributed by atoms with van der Waals surface area (Å²) in [6.07, 6.45) is 0. The molecule has 0 aliphatic carbocycles. The quantitative estimate of drug-likeness (QED) is 0.624. The van der Waals surface area contributed by atoms with Gasteiger partial charge in [0.25, 0.3) is 0 Å². The number of aromatic hydroxyl groups is 1. The summed E-state index contributed by atoms with van der Waals surface area (Å²) in [5.41, 5.74) is 2.79. The molecule has 2 N–H and O–H groups in total. The summed E-state index contributed by atoms with van der Waals surface area (Å²) in [6, 6.07) is 18.3. The lowest BCUT2D eigenvalue weighted by Gasteiger charge is -2.32. The summed E-state index contributed by atoms with van der Waals surface area (Å²) in [4.78, 5) is 12.8. The molecule has 4 rings (SSSR count). The largest absolute Gasteiger partial charge is 0.507 e. The predicted octanol–water partition coefficient (Wildman–Crippen LogP) is 4.60. The van der Waals surface area contributed by atoms with E-state index in [9.17, 15) is 9.90 Å². The number of phenols is 1. The molecular formula is C24H23NO4. The van der Waals surface area contributed by atoms with Crippen LogP contribution in [-0.4, -0.2) is 24.7 Å². The second-order valence-electron chi connectivity index (χ2n) is 7.08. The zero-order valence-electron chi connectivity index (χ0n) is 16.7. The van der Waals surface area contributed by atoms with Crippen molar-refractivity contribution >= 4 is 11.7 Å². The van der Waals surface area contributed by atoms with Crippen molar-refractivity contribution in [3.63, 3.8) is 0 Å². The molecule has 5 nitrogen and oxygen atoms in total. The van der Waals surface area contributed by atoms with Crippen molar-refractivity contribution in [1.82, 2.24) is 0 Å². The Morgan fingerprint density at radius 1 is 1.03 bits per heavy atom. The molecule has 0 radical (unpaired) electrons. The maximum Gasteiger partial charge on any atom is 0.340 e. The first-order chi connectivity index (χ1) is 14.0. The number of aryl methyl sites for hydroxylation is 1. The number of cyclic esters (lactones) is 1. The highest BCUT2D eigenvalue weighted by Crippen LogP contribution is 2.52. The minimum Gasteiger partial charge on any atom is -0.507 e. The number of phenolic OH excluding ortho intramolecular Hbond substituents is 1. The fraction of sp³-hybridized carbons (Fsp3) is 0.208. The van der Waals surface area contributed by atoms with Crippen LogP contribution >= 0.6 is 0 Å². The Labute approximate surface area is 169 Å². The average Bonchev–Trinajstić information content (AvgIpc) is 3.02. The third kappa shape index (κ3) is 2.90. The number of nitrogens with one attached hydrogen (secondary N) is 1. The molecule has 0 spiro atoms. The molecule has 0 amide bonds. The maximum absolute atomic E-state index is 12.8. The Kier molecular flexibility index (Phi) is 4.66. The predicted molar refractivity (Wildman–Crippen MR) is 112 cm³/mol. The molecule has 148 valence electrons. The highest BCUT2D eigenvalue weighted by molar-refractivity contribution is 5.96. The third-order valence-electron chi connectivity index (χ3n) is 5.26. The lowest BCUT2D eigenvalue weighted by molar-refractivity contribution is 0.0239. The molecule has 1 heterocycles. The zero-order valence-corrected chi connectivity index (χ0v) is 16.7. The number of methoxy groups -OCH3 is 1. The van der Waals surface area contributed by atoms with Crippen molar-refractivity contribution in [3.8, 4) is 11.5 Å². The van der Waals surface area contributed by atoms with Gasteiger partial charge in [-0.1, -0.05) is 29.8 Å². The van der Waals surface area contributed by atoms with E-state index in [1.807, 2.05) is 50.2 Å². The van der Waals surface area contributed by atoms with Gasteiger partial charge in [-0.3, -0.25) is 0 Å². The number of hydrogen-bond donors (Lipinski definition) is 2. The van der Waals surface area contributed by atoms with E-state index in [0.717, 1.165) is 17.8 Å². The van der Waals surface area contributed by atoms with Gasteiger partial charge in [-0.25, -0.2) is 4.79 Å². The Bertz CT molecular complexity index is 1090. The highest BCUT2D eigenvalue weighted by Gasteiger charge is 2.51. The van der Waals surface area contributed by atoms with E-state index in [4.69, 9.17) is 9.47 Å². The Morgan fingerprint density at radius 3 is 2.55 bits per heavy atom. The van der Waals surface area contributed by atoms with Gasteiger partial charge in [-0.15, -0.1) is 0 Å². The lowest BCUT2D eigenvalue weighted by Crippen LogP contribution is -2.30. The minimum atomic E-state index is -1.31. The second kappa shape index (κ2) is 7.17. The van der Waals surface area contributed by atoms with Crippen LogP contribution in [-0.2, 0) is 10.3 Å². The molecule has 0 bridgehead atoms. The summed E-state index contributed by atoms with van der Waals surface area (Å²) in [6.45, 7) is 4.68. The van der Waals surface area contributed by atoms with Crippen LogP contribution in [0.4, 0.5) is 5.69 Å². The zero-order chi connectivity index (χ0) is 20.6. The summed E-state index contributed by atoms with van der Waals surface area (Å²) in [5, 5.41) is 14.2. The van der Waals surface area contributed by atoms with E-state index in [-0.39, 0.29) is 5.75 Å². The summed E-state index contributed by atoms with van der Waals surface area (Å²) in [7, 11) is 1.58. The standard InChI is InChI=1S/C24H23NO4/c1-4-25-16-10-11-19(21(26)14-16)24(20-13-15(2)9-12-22(20)28-3)18-8-6-5-7-17(18)23(27)29-24/h5-14,25-26H,4H2,1-3H3. The van der Waals surface area contributed by atoms with E-state index in [0.29, 0.717) is 28.0 Å². The van der Waals surface area contributed by atoms with Gasteiger partial charge in [0.1, 0.15) is 11.5 Å². The minimum absolute atomic E-state index is 0.0384. The van der Waals surface area contributed by atoms with Crippen molar-refractivity contribution in [3.05, 3.63) is 88.5 Å². The second-order valence-corrected chi connectivity index (χ2v) is 7.08. The van der Waals surface area contributed by atoms with Crippen molar-refractivity contribution in [2.24, 2.45) is 0 Å². The first kappa shape index (κ1) is 18.9. The fourth-order valence-corrected chi connectivity index (χ4v) is 4.00. The average molecular weight is 389 g/mol. The van der Waals surface area contributed by atoms with Gasteiger partial charge in [-0.2, -0.15) is 0 Å². The summed E-state index contributed by atoms with van der Waals surface area (Å²) in [5.74, 6) is 0.186. The number of hydrogen-bond acceptors (Lipinski definition) is 5. The SMILES string of the molecule is CCNc1ccc(C2(c3cc(C)ccc3OC)OC(=O)c3ccccc32)c(O)c1. The van der Waals surface area contributed by atoms with Crippen LogP contribution in [0.2, 0.25) is 0 Å². The number of esters is 1. The van der Waals surface area contributed by atoms with Gasteiger partial charge in [0.15, 0.2) is 5.60 Å². The van der Waals surface area contributed by atoms with Crippen LogP contribution in [0.1, 0.15) is 39.5 Å². The van der Waals surface area contributed by atoms with Gasteiger partial charge in [0.2, 0.25) is 0 Å². The number of carbonyl (C=O) groups is 1. The normalized spacial score (nSPS) is 17.6. The lowest BCUT2D eigenvalue weighted by atomic mass is 9.78. The first-order valence-corrected chi connectivity index (χ1v) is 9.56. The van der Waals surface area contributed by atoms with Gasteiger partial charge < -0.3 is 19.9 Å². The monoisotopic (exact) mass is 389 g/mol. The summed E-state index contributed by atoms with van der Waals surface area (Å²) >= 11 is 0. The van der Waals surface area contributed by atoms with E-state index in [1.165, 1.54) is 0 Å². The van der Waals surface area contributed by atoms with E-state index < -0.39 is 11.6 Å². The van der Waals surface area contributed by atoms with Crippen molar-refractivity contribution in [2.45, 2.75) is 19.4 Å². The number of ether oxygens (including phenoxy) is 2. The molecule has 0 saturated heterocycles. The molecule has 3 aromatic rings. The molecule has 5 heteroatoms. The molecule has 3 aromatic carbocycles. The molecule has 0 fully saturated rings. The third-order valence-corrected chi connectivity index (χ3v) is 5.26. The van der Waals surface area contributed by atoms with Crippen LogP contribution in [0, 0.1) is 6.92 Å². The van der Waals surface area contributed by atoms with Crippen LogP contribution in [0.5, 0.6) is 11.5 Å². The van der Waals surface area contributed by atoms with Gasteiger partial charge >= 0.3 is 5.97 Å². The van der Waals surface area contributed by atoms with Crippen molar-refractivity contribution in [2.75, 3.05) is 19.0 Å². The Hall–Kier alpha value is -3.47. The van der Waals surface area contributed by atoms with Crippen LogP contribution in [0.25, 0.3) is 0 Å². The molecule has 1 aliphatic heterocycles. The van der Waals surface area contributed by atoms with Crippen LogP contribution in [0.15, 0.2) is 60.7 Å². The number of fused-ring (bicyclic) bond motifs is 1. The van der Waals surface area contributed by atoms with E-state index in [1.54, 1.807) is 31.4 Å². The van der Waals surface area contributed by atoms with Crippen LogP contribution < -0.4 is 10.1 Å². The molecule has 1 atom stereocenters. The molecule has 0 saturated carbocycles. The number of benzene rings is 3. The Morgan fingerprint density at radius 2 is 1.83 bits per heavy atom. The first-order valence-electron chi connectivity index (χ1n) is 9.56. The van der Waals surface area contributed by atoms with Crippen molar-refractivity contribution < 1.29 is 19.4 Å². The van der Waals surface area contributed by atoms with Crippen molar-refractivity contribution in [1.29, 1.82) is 0 Å². The van der Waals surface area contributed by atoms with Gasteiger partial charge in [-0.05, 0) is 44.2 Å². The maximum atomic E-state index is 12.8. The van der Waals surface area contributed by atoms with Gasteiger partial charge in [0.05, 0.1) is 12.7 Å².